The second kappa shape index (κ2) is 6.41. The molecular weight excluding hydrogens is 269 g/mol. The molecule has 0 radical (unpaired) electrons. The average molecular weight is 284 g/mol. The predicted octanol–water partition coefficient (Wildman–Crippen LogP) is 5.19. The van der Waals surface area contributed by atoms with Gasteiger partial charge >= 0.3 is 6.18 Å². The third kappa shape index (κ3) is 3.73. The fraction of sp³-hybridized carbons (Fsp3) is 0.267. The molecule has 0 saturated carbocycles. The SMILES string of the molecule is CC.CC(=O)c1ccc(-c2ccc(C(F)(F)F)cc2)o1. The number of ketones is 1. The molecule has 0 bridgehead atoms. The van der Waals surface area contributed by atoms with Gasteiger partial charge in [0.15, 0.2) is 11.5 Å². The molecule has 20 heavy (non-hydrogen) atoms. The van der Waals surface area contributed by atoms with Gasteiger partial charge in [-0.1, -0.05) is 26.0 Å². The summed E-state index contributed by atoms with van der Waals surface area (Å²) in [7, 11) is 0. The van der Waals surface area contributed by atoms with Crippen LogP contribution in [0.15, 0.2) is 40.8 Å². The monoisotopic (exact) mass is 284 g/mol. The summed E-state index contributed by atoms with van der Waals surface area (Å²) in [6.45, 7) is 5.36. The zero-order valence-corrected chi connectivity index (χ0v) is 11.4. The summed E-state index contributed by atoms with van der Waals surface area (Å²) in [4.78, 5) is 11.0. The van der Waals surface area contributed by atoms with E-state index in [1.54, 1.807) is 6.07 Å². The molecule has 0 fully saturated rings. The minimum atomic E-state index is -4.35. The maximum Gasteiger partial charge on any atom is 0.416 e. The molecule has 2 rings (SSSR count). The molecule has 0 unspecified atom stereocenters. The first kappa shape index (κ1) is 16.0. The fourth-order valence-electron chi connectivity index (χ4n) is 1.51. The molecule has 0 N–H and O–H groups in total. The first-order valence-electron chi connectivity index (χ1n) is 6.16. The second-order valence-corrected chi connectivity index (χ2v) is 3.80. The Hall–Kier alpha value is -2.04. The lowest BCUT2D eigenvalue weighted by Gasteiger charge is -2.06. The molecule has 0 atom stereocenters. The number of hydrogen-bond acceptors (Lipinski definition) is 2. The molecule has 2 nitrogen and oxygen atoms in total. The zero-order valence-electron chi connectivity index (χ0n) is 11.4. The van der Waals surface area contributed by atoms with Crippen molar-refractivity contribution < 1.29 is 22.4 Å². The Morgan fingerprint density at radius 1 is 1.00 bits per heavy atom. The molecule has 0 saturated heterocycles. The quantitative estimate of drug-likeness (QED) is 0.710. The highest BCUT2D eigenvalue weighted by Gasteiger charge is 2.30. The minimum absolute atomic E-state index is 0.185. The van der Waals surface area contributed by atoms with Crippen LogP contribution in [0.2, 0.25) is 0 Å². The van der Waals surface area contributed by atoms with Gasteiger partial charge in [0.2, 0.25) is 0 Å². The average Bonchev–Trinajstić information content (AvgIpc) is 2.90. The van der Waals surface area contributed by atoms with Crippen LogP contribution >= 0.6 is 0 Å². The molecule has 0 spiro atoms. The summed E-state index contributed by atoms with van der Waals surface area (Å²) in [6.07, 6.45) is -4.35. The number of Topliss-reactive ketones (excluding diaryl/α,β-unsaturated/α-hetero) is 1. The van der Waals surface area contributed by atoms with E-state index in [0.29, 0.717) is 11.3 Å². The standard InChI is InChI=1S/C13H9F3O2.C2H6/c1-8(17)11-6-7-12(18-11)9-2-4-10(5-3-9)13(14,15)16;1-2/h2-7H,1H3;1-2H3. The summed E-state index contributed by atoms with van der Waals surface area (Å²) < 4.78 is 42.3. The van der Waals surface area contributed by atoms with E-state index >= 15 is 0 Å². The number of carbonyl (C=O) groups excluding carboxylic acids is 1. The van der Waals surface area contributed by atoms with Crippen LogP contribution in [-0.2, 0) is 6.18 Å². The van der Waals surface area contributed by atoms with E-state index < -0.39 is 11.7 Å². The largest absolute Gasteiger partial charge is 0.453 e. The lowest BCUT2D eigenvalue weighted by atomic mass is 10.1. The highest BCUT2D eigenvalue weighted by Crippen LogP contribution is 2.31. The second-order valence-electron chi connectivity index (χ2n) is 3.80. The minimum Gasteiger partial charge on any atom is -0.453 e. The third-order valence-corrected chi connectivity index (χ3v) is 2.45. The molecule has 1 aromatic heterocycles. The molecule has 1 aromatic carbocycles. The Labute approximate surface area is 115 Å². The first-order chi connectivity index (χ1) is 9.38. The van der Waals surface area contributed by atoms with Gasteiger partial charge in [0.25, 0.3) is 0 Å². The molecule has 0 aliphatic carbocycles. The van der Waals surface area contributed by atoms with Crippen LogP contribution in [0.3, 0.4) is 0 Å². The van der Waals surface area contributed by atoms with E-state index in [9.17, 15) is 18.0 Å². The molecule has 108 valence electrons. The number of hydrogen-bond donors (Lipinski definition) is 0. The summed E-state index contributed by atoms with van der Waals surface area (Å²) >= 11 is 0. The Kier molecular flexibility index (Phi) is 5.13. The number of halogens is 3. The van der Waals surface area contributed by atoms with Gasteiger partial charge in [-0.15, -0.1) is 0 Å². The lowest BCUT2D eigenvalue weighted by molar-refractivity contribution is -0.137. The normalized spacial score (nSPS) is 10.7. The van der Waals surface area contributed by atoms with Crippen molar-refractivity contribution in [2.75, 3.05) is 0 Å². The fourth-order valence-corrected chi connectivity index (χ4v) is 1.51. The van der Waals surface area contributed by atoms with Crippen LogP contribution in [-0.4, -0.2) is 5.78 Å². The van der Waals surface area contributed by atoms with Crippen LogP contribution < -0.4 is 0 Å². The van der Waals surface area contributed by atoms with Gasteiger partial charge in [-0.05, 0) is 24.3 Å². The van der Waals surface area contributed by atoms with E-state index in [-0.39, 0.29) is 11.5 Å². The van der Waals surface area contributed by atoms with Gasteiger partial charge in [-0.2, -0.15) is 13.2 Å². The number of carbonyl (C=O) groups is 1. The van der Waals surface area contributed by atoms with E-state index in [0.717, 1.165) is 12.1 Å². The Morgan fingerprint density at radius 2 is 1.55 bits per heavy atom. The van der Waals surface area contributed by atoms with E-state index in [2.05, 4.69) is 0 Å². The molecular formula is C15H15F3O2. The first-order valence-corrected chi connectivity index (χ1v) is 6.16. The van der Waals surface area contributed by atoms with Crippen molar-refractivity contribution in [1.29, 1.82) is 0 Å². The molecule has 5 heteroatoms. The van der Waals surface area contributed by atoms with Gasteiger partial charge in [-0.3, -0.25) is 4.79 Å². The van der Waals surface area contributed by atoms with E-state index in [4.69, 9.17) is 4.42 Å². The van der Waals surface area contributed by atoms with Crippen molar-refractivity contribution in [3.63, 3.8) is 0 Å². The smallest absolute Gasteiger partial charge is 0.416 e. The summed E-state index contributed by atoms with van der Waals surface area (Å²) in [5, 5.41) is 0. The van der Waals surface area contributed by atoms with Gasteiger partial charge < -0.3 is 4.42 Å². The van der Waals surface area contributed by atoms with Crippen molar-refractivity contribution >= 4 is 5.78 Å². The van der Waals surface area contributed by atoms with Crippen molar-refractivity contribution in [3.8, 4) is 11.3 Å². The Morgan fingerprint density at radius 3 is 1.95 bits per heavy atom. The van der Waals surface area contributed by atoms with Crippen LogP contribution in [0, 0.1) is 0 Å². The molecule has 0 aliphatic heterocycles. The summed E-state index contributed by atoms with van der Waals surface area (Å²) in [5.41, 5.74) is -0.222. The van der Waals surface area contributed by atoms with Crippen LogP contribution in [0.1, 0.15) is 36.9 Å². The Balaban J connectivity index is 0.000000956. The van der Waals surface area contributed by atoms with Gasteiger partial charge in [-0.25, -0.2) is 0 Å². The molecule has 2 aromatic rings. The van der Waals surface area contributed by atoms with Crippen molar-refractivity contribution in [3.05, 3.63) is 47.7 Å². The topological polar surface area (TPSA) is 30.2 Å². The Bertz CT molecular complexity index is 566. The van der Waals surface area contributed by atoms with Gasteiger partial charge in [0, 0.05) is 12.5 Å². The number of furan rings is 1. The number of alkyl halides is 3. The lowest BCUT2D eigenvalue weighted by Crippen LogP contribution is -2.03. The van der Waals surface area contributed by atoms with Crippen LogP contribution in [0.25, 0.3) is 11.3 Å². The van der Waals surface area contributed by atoms with Crippen molar-refractivity contribution in [2.24, 2.45) is 0 Å². The maximum atomic E-state index is 12.4. The molecule has 1 heterocycles. The number of benzene rings is 1. The highest BCUT2D eigenvalue weighted by molar-refractivity contribution is 5.91. The van der Waals surface area contributed by atoms with Crippen LogP contribution in [0.5, 0.6) is 0 Å². The number of rotatable bonds is 2. The van der Waals surface area contributed by atoms with Crippen LogP contribution in [0.4, 0.5) is 13.2 Å². The molecule has 0 aliphatic rings. The van der Waals surface area contributed by atoms with Crippen molar-refractivity contribution in [2.45, 2.75) is 26.9 Å². The third-order valence-electron chi connectivity index (χ3n) is 2.45. The van der Waals surface area contributed by atoms with Gasteiger partial charge in [0.1, 0.15) is 5.76 Å². The summed E-state index contributed by atoms with van der Waals surface area (Å²) in [6, 6.07) is 7.63. The summed E-state index contributed by atoms with van der Waals surface area (Å²) in [5.74, 6) is 0.326. The van der Waals surface area contributed by atoms with Gasteiger partial charge in [0.05, 0.1) is 5.56 Å². The maximum absolute atomic E-state index is 12.4. The van der Waals surface area contributed by atoms with Crippen molar-refractivity contribution in [1.82, 2.24) is 0 Å². The highest BCUT2D eigenvalue weighted by atomic mass is 19.4. The van der Waals surface area contributed by atoms with E-state index in [1.807, 2.05) is 13.8 Å². The van der Waals surface area contributed by atoms with E-state index in [1.165, 1.54) is 25.1 Å². The molecule has 0 amide bonds. The predicted molar refractivity (Wildman–Crippen MR) is 70.5 cm³/mol. The zero-order chi connectivity index (χ0) is 15.3.